The first-order chi connectivity index (χ1) is 31.3. The molecule has 0 unspecified atom stereocenters. The first-order valence-electron chi connectivity index (χ1n) is 21.8. The Labute approximate surface area is 364 Å². The van der Waals surface area contributed by atoms with Crippen LogP contribution in [0.2, 0.25) is 0 Å². The fraction of sp³-hybridized carbons (Fsp3) is 0.0164. The summed E-state index contributed by atoms with van der Waals surface area (Å²) in [6.07, 6.45) is 0. The maximum atomic E-state index is 6.73. The highest BCUT2D eigenvalue weighted by Crippen LogP contribution is 2.64. The molecule has 0 saturated carbocycles. The second-order valence-corrected chi connectivity index (χ2v) is 17.1. The molecule has 10 aromatic carbocycles. The van der Waals surface area contributed by atoms with E-state index in [1.807, 2.05) is 0 Å². The number of furan rings is 1. The molecule has 0 radical (unpaired) electrons. The van der Waals surface area contributed by atoms with Crippen LogP contribution in [0.25, 0.3) is 105 Å². The Bertz CT molecular complexity index is 3710. The lowest BCUT2D eigenvalue weighted by Crippen LogP contribution is -2.26. The van der Waals surface area contributed by atoms with Gasteiger partial charge in [0.25, 0.3) is 0 Å². The molecule has 292 valence electrons. The highest BCUT2D eigenvalue weighted by atomic mass is 16.3. The molecule has 0 bridgehead atoms. The lowest BCUT2D eigenvalue weighted by atomic mass is 9.70. The minimum atomic E-state index is -0.536. The van der Waals surface area contributed by atoms with E-state index in [4.69, 9.17) is 4.42 Å². The fourth-order valence-corrected chi connectivity index (χ4v) is 11.4. The summed E-state index contributed by atoms with van der Waals surface area (Å²) in [6.45, 7) is 0. The number of hydrogen-bond acceptors (Lipinski definition) is 1. The number of rotatable bonds is 4. The zero-order chi connectivity index (χ0) is 41.2. The summed E-state index contributed by atoms with van der Waals surface area (Å²) in [4.78, 5) is 0. The van der Waals surface area contributed by atoms with Crippen molar-refractivity contribution in [2.24, 2.45) is 0 Å². The highest BCUT2D eigenvalue weighted by Gasteiger charge is 2.52. The van der Waals surface area contributed by atoms with Gasteiger partial charge in [-0.3, -0.25) is 0 Å². The third kappa shape index (κ3) is 4.67. The van der Waals surface area contributed by atoms with Gasteiger partial charge in [-0.15, -0.1) is 0 Å². The second-order valence-electron chi connectivity index (χ2n) is 17.1. The van der Waals surface area contributed by atoms with Crippen molar-refractivity contribution in [3.05, 3.63) is 247 Å². The predicted octanol–water partition coefficient (Wildman–Crippen LogP) is 16.0. The van der Waals surface area contributed by atoms with E-state index in [1.54, 1.807) is 0 Å². The number of para-hydroxylation sites is 2. The van der Waals surface area contributed by atoms with E-state index in [0.29, 0.717) is 0 Å². The molecule has 1 spiro atoms. The maximum absolute atomic E-state index is 6.73. The fourth-order valence-electron chi connectivity index (χ4n) is 11.4. The molecule has 2 heteroatoms. The van der Waals surface area contributed by atoms with Crippen molar-refractivity contribution in [1.82, 2.24) is 4.57 Å². The van der Waals surface area contributed by atoms with Gasteiger partial charge in [-0.25, -0.2) is 0 Å². The van der Waals surface area contributed by atoms with E-state index >= 15 is 0 Å². The summed E-state index contributed by atoms with van der Waals surface area (Å²) in [5.74, 6) is 0. The molecular formula is C61H37NO. The standard InChI is InChI=1S/C61H37NO/c1-3-15-38(16-4-1)40-29-33-56-50(35-40)51-36-41(39-17-5-2-6-18-39)30-34-57(51)62(56)42-31-32-49-55(37-42)61(52-25-10-7-19-43(52)44-20-8-11-26-53(44)61)54-27-14-22-46(59(49)54)48-24-13-23-47-45-21-9-12-28-58(45)63-60(47)48/h1-37H. The van der Waals surface area contributed by atoms with Crippen LogP contribution in [-0.4, -0.2) is 4.57 Å². The summed E-state index contributed by atoms with van der Waals surface area (Å²) in [5, 5.41) is 4.75. The minimum absolute atomic E-state index is 0.536. The Hall–Kier alpha value is -8.20. The molecule has 0 atom stereocenters. The van der Waals surface area contributed by atoms with Crippen LogP contribution in [0.4, 0.5) is 0 Å². The van der Waals surface area contributed by atoms with Crippen molar-refractivity contribution in [2.75, 3.05) is 0 Å². The first-order valence-corrected chi connectivity index (χ1v) is 21.8. The normalized spacial score (nSPS) is 13.2. The molecular weight excluding hydrogens is 763 g/mol. The summed E-state index contributed by atoms with van der Waals surface area (Å²) >= 11 is 0. The molecule has 63 heavy (non-hydrogen) atoms. The molecule has 0 N–H and O–H groups in total. The quantitative estimate of drug-likeness (QED) is 0.173. The van der Waals surface area contributed by atoms with Gasteiger partial charge in [-0.05, 0) is 115 Å². The van der Waals surface area contributed by atoms with Gasteiger partial charge in [0.2, 0.25) is 0 Å². The van der Waals surface area contributed by atoms with Crippen LogP contribution in [-0.2, 0) is 5.41 Å². The first kappa shape index (κ1) is 34.5. The summed E-state index contributed by atoms with van der Waals surface area (Å²) in [7, 11) is 0. The van der Waals surface area contributed by atoms with E-state index < -0.39 is 5.41 Å². The van der Waals surface area contributed by atoms with E-state index in [0.717, 1.165) is 33.2 Å². The third-order valence-corrected chi connectivity index (χ3v) is 14.0. The highest BCUT2D eigenvalue weighted by molar-refractivity contribution is 6.13. The van der Waals surface area contributed by atoms with Gasteiger partial charge in [0.1, 0.15) is 11.2 Å². The number of benzene rings is 10. The number of aromatic nitrogens is 1. The van der Waals surface area contributed by atoms with Crippen LogP contribution >= 0.6 is 0 Å². The summed E-state index contributed by atoms with van der Waals surface area (Å²) < 4.78 is 9.23. The Kier molecular flexibility index (Phi) is 7.07. The van der Waals surface area contributed by atoms with Gasteiger partial charge in [0.05, 0.1) is 16.4 Å². The molecule has 2 heterocycles. The van der Waals surface area contributed by atoms with Crippen LogP contribution in [0.15, 0.2) is 229 Å². The number of nitrogens with zero attached hydrogens (tertiary/aromatic N) is 1. The van der Waals surface area contributed by atoms with Crippen LogP contribution in [0.5, 0.6) is 0 Å². The van der Waals surface area contributed by atoms with Crippen molar-refractivity contribution in [3.8, 4) is 61.3 Å². The smallest absolute Gasteiger partial charge is 0.143 e. The van der Waals surface area contributed by atoms with Crippen LogP contribution in [0.1, 0.15) is 22.3 Å². The van der Waals surface area contributed by atoms with Crippen molar-refractivity contribution < 1.29 is 4.42 Å². The summed E-state index contributed by atoms with van der Waals surface area (Å²) in [5.41, 5.74) is 22.3. The molecule has 14 rings (SSSR count). The molecule has 2 aliphatic carbocycles. The maximum Gasteiger partial charge on any atom is 0.143 e. The molecule has 2 aromatic heterocycles. The van der Waals surface area contributed by atoms with E-state index in [-0.39, 0.29) is 0 Å². The largest absolute Gasteiger partial charge is 0.455 e. The zero-order valence-corrected chi connectivity index (χ0v) is 34.2. The molecule has 0 amide bonds. The van der Waals surface area contributed by atoms with Crippen molar-refractivity contribution >= 4 is 43.7 Å². The zero-order valence-electron chi connectivity index (χ0n) is 34.2. The minimum Gasteiger partial charge on any atom is -0.455 e. The Morgan fingerprint density at radius 1 is 0.317 bits per heavy atom. The van der Waals surface area contributed by atoms with Crippen molar-refractivity contribution in [2.45, 2.75) is 5.41 Å². The molecule has 0 fully saturated rings. The van der Waals surface area contributed by atoms with Gasteiger partial charge < -0.3 is 8.98 Å². The van der Waals surface area contributed by atoms with Gasteiger partial charge in [0.15, 0.2) is 0 Å². The lowest BCUT2D eigenvalue weighted by molar-refractivity contribution is 0.670. The molecule has 0 aliphatic heterocycles. The second kappa shape index (κ2) is 12.9. The average Bonchev–Trinajstić information content (AvgIpc) is 4.08. The van der Waals surface area contributed by atoms with Gasteiger partial charge in [-0.2, -0.15) is 0 Å². The van der Waals surface area contributed by atoms with Crippen LogP contribution in [0.3, 0.4) is 0 Å². The molecule has 0 saturated heterocycles. The van der Waals surface area contributed by atoms with Crippen molar-refractivity contribution in [3.63, 3.8) is 0 Å². The topological polar surface area (TPSA) is 18.1 Å². The number of hydrogen-bond donors (Lipinski definition) is 0. The lowest BCUT2D eigenvalue weighted by Gasteiger charge is -2.31. The van der Waals surface area contributed by atoms with E-state index in [9.17, 15) is 0 Å². The number of fused-ring (bicyclic) bond motifs is 16. The van der Waals surface area contributed by atoms with Gasteiger partial charge in [0, 0.05) is 32.8 Å². The monoisotopic (exact) mass is 799 g/mol. The van der Waals surface area contributed by atoms with Crippen LogP contribution in [0, 0.1) is 0 Å². The SMILES string of the molecule is c1ccc(-c2ccc3c(c2)c2cc(-c4ccccc4)ccc2n3-c2ccc3c(c2)C2(c4ccccc4-c4ccccc42)c2cccc(-c4cccc5c4oc4ccccc45)c2-3)cc1. The third-order valence-electron chi connectivity index (χ3n) is 14.0. The Morgan fingerprint density at radius 2 is 0.857 bits per heavy atom. The Morgan fingerprint density at radius 3 is 1.54 bits per heavy atom. The van der Waals surface area contributed by atoms with Crippen molar-refractivity contribution in [1.29, 1.82) is 0 Å². The molecule has 2 aliphatic rings. The average molecular weight is 800 g/mol. The predicted molar refractivity (Wildman–Crippen MR) is 261 cm³/mol. The summed E-state index contributed by atoms with van der Waals surface area (Å²) in [6, 6.07) is 82.8. The van der Waals surface area contributed by atoms with Gasteiger partial charge in [-0.1, -0.05) is 182 Å². The van der Waals surface area contributed by atoms with Gasteiger partial charge >= 0.3 is 0 Å². The van der Waals surface area contributed by atoms with E-state index in [1.165, 1.54) is 94.1 Å². The van der Waals surface area contributed by atoms with Crippen LogP contribution < -0.4 is 0 Å². The Balaban J connectivity index is 1.07. The molecule has 2 nitrogen and oxygen atoms in total. The van der Waals surface area contributed by atoms with E-state index in [2.05, 4.69) is 229 Å². The molecule has 12 aromatic rings.